The fraction of sp³-hybridized carbons (Fsp3) is 0.276. The van der Waals surface area contributed by atoms with Gasteiger partial charge in [0.15, 0.2) is 0 Å². The number of hydrogen-bond donors (Lipinski definition) is 1. The van der Waals surface area contributed by atoms with Crippen LogP contribution in [0, 0.1) is 0 Å². The summed E-state index contributed by atoms with van der Waals surface area (Å²) in [7, 11) is 1.63. The summed E-state index contributed by atoms with van der Waals surface area (Å²) in [6, 6.07) is 15.4. The monoisotopic (exact) mass is 518 g/mol. The highest BCUT2D eigenvalue weighted by molar-refractivity contribution is 7.13. The van der Waals surface area contributed by atoms with Crippen LogP contribution in [0.5, 0.6) is 5.75 Å². The van der Waals surface area contributed by atoms with Gasteiger partial charge in [-0.05, 0) is 45.4 Å². The first kappa shape index (κ1) is 26.2. The molecule has 0 saturated carbocycles. The van der Waals surface area contributed by atoms with E-state index < -0.39 is 17.9 Å². The number of para-hydroxylation sites is 1. The van der Waals surface area contributed by atoms with Gasteiger partial charge in [0.2, 0.25) is 0 Å². The minimum absolute atomic E-state index is 0.218. The summed E-state index contributed by atoms with van der Waals surface area (Å²) in [5.41, 5.74) is 5.30. The lowest BCUT2D eigenvalue weighted by Gasteiger charge is -2.31. The van der Waals surface area contributed by atoms with Gasteiger partial charge in [0.25, 0.3) is 0 Å². The molecule has 0 amide bonds. The van der Waals surface area contributed by atoms with E-state index in [1.165, 1.54) is 11.3 Å². The molecule has 0 aliphatic carbocycles. The number of rotatable bonds is 8. The Morgan fingerprint density at radius 3 is 2.05 bits per heavy atom. The molecule has 1 aliphatic rings. The van der Waals surface area contributed by atoms with E-state index in [1.807, 2.05) is 67.8 Å². The molecule has 3 aromatic rings. The van der Waals surface area contributed by atoms with Gasteiger partial charge in [-0.3, -0.25) is 0 Å². The van der Waals surface area contributed by atoms with Crippen LogP contribution < -0.4 is 10.1 Å². The molecular weight excluding hydrogens is 488 g/mol. The largest absolute Gasteiger partial charge is 0.496 e. The molecule has 0 unspecified atom stereocenters. The number of hydrogen-bond acceptors (Lipinski definition) is 8. The van der Waals surface area contributed by atoms with Gasteiger partial charge >= 0.3 is 11.9 Å². The summed E-state index contributed by atoms with van der Waals surface area (Å²) >= 11 is 1.49. The molecule has 0 bridgehead atoms. The fourth-order valence-corrected chi connectivity index (χ4v) is 5.45. The van der Waals surface area contributed by atoms with Gasteiger partial charge in [-0.2, -0.15) is 0 Å². The first-order valence-corrected chi connectivity index (χ1v) is 13.0. The van der Waals surface area contributed by atoms with Crippen LogP contribution >= 0.6 is 11.3 Å². The number of thiazole rings is 1. The molecule has 0 radical (unpaired) electrons. The number of aromatic nitrogens is 1. The summed E-state index contributed by atoms with van der Waals surface area (Å²) in [5.74, 6) is -0.905. The van der Waals surface area contributed by atoms with E-state index >= 15 is 0 Å². The molecular formula is C29H30N2O5S. The van der Waals surface area contributed by atoms with Gasteiger partial charge in [0, 0.05) is 27.9 Å². The Kier molecular flexibility index (Phi) is 8.08. The van der Waals surface area contributed by atoms with Crippen molar-refractivity contribution in [3.8, 4) is 27.6 Å². The van der Waals surface area contributed by atoms with E-state index in [0.717, 1.165) is 33.1 Å². The molecule has 192 valence electrons. The SMILES string of the molecule is CCOC(=O)C1=C(C)NC(C)=C(C(=O)OCC)C1c1ccccc1-c1nc(-c2ccccc2OC)cs1. The lowest BCUT2D eigenvalue weighted by atomic mass is 9.78. The Labute approximate surface area is 220 Å². The van der Waals surface area contributed by atoms with Crippen LogP contribution in [0.1, 0.15) is 39.2 Å². The van der Waals surface area contributed by atoms with Gasteiger partial charge in [-0.1, -0.05) is 36.4 Å². The highest BCUT2D eigenvalue weighted by atomic mass is 32.1. The Morgan fingerprint density at radius 2 is 1.46 bits per heavy atom. The van der Waals surface area contributed by atoms with Gasteiger partial charge < -0.3 is 19.5 Å². The first-order valence-electron chi connectivity index (χ1n) is 12.1. The number of ether oxygens (including phenoxy) is 3. The molecule has 7 nitrogen and oxygen atoms in total. The maximum absolute atomic E-state index is 13.2. The highest BCUT2D eigenvalue weighted by Gasteiger charge is 2.39. The quantitative estimate of drug-likeness (QED) is 0.375. The molecule has 1 aromatic heterocycles. The minimum Gasteiger partial charge on any atom is -0.496 e. The summed E-state index contributed by atoms with van der Waals surface area (Å²) in [6.45, 7) is 7.59. The second-order valence-electron chi connectivity index (χ2n) is 8.40. The molecule has 0 spiro atoms. The summed E-state index contributed by atoms with van der Waals surface area (Å²) in [6.07, 6.45) is 0. The fourth-order valence-electron chi connectivity index (χ4n) is 4.58. The number of esters is 2. The van der Waals surface area contributed by atoms with Crippen molar-refractivity contribution >= 4 is 23.3 Å². The average molecular weight is 519 g/mol. The van der Waals surface area contributed by atoms with E-state index in [4.69, 9.17) is 19.2 Å². The molecule has 4 rings (SSSR count). The van der Waals surface area contributed by atoms with Gasteiger partial charge in [-0.15, -0.1) is 11.3 Å². The molecule has 1 N–H and O–H groups in total. The predicted molar refractivity (Wildman–Crippen MR) is 144 cm³/mol. The number of nitrogens with zero attached hydrogens (tertiary/aromatic N) is 1. The van der Waals surface area contributed by atoms with Crippen LogP contribution in [0.2, 0.25) is 0 Å². The highest BCUT2D eigenvalue weighted by Crippen LogP contribution is 2.44. The van der Waals surface area contributed by atoms with Crippen LogP contribution in [-0.4, -0.2) is 37.2 Å². The number of nitrogens with one attached hydrogen (secondary N) is 1. The second-order valence-corrected chi connectivity index (χ2v) is 9.26. The van der Waals surface area contributed by atoms with Crippen molar-refractivity contribution in [3.05, 3.63) is 82.0 Å². The van der Waals surface area contributed by atoms with E-state index in [9.17, 15) is 9.59 Å². The number of dihydropyridines is 1. The van der Waals surface area contributed by atoms with Crippen molar-refractivity contribution < 1.29 is 23.8 Å². The van der Waals surface area contributed by atoms with E-state index in [2.05, 4.69) is 5.32 Å². The summed E-state index contributed by atoms with van der Waals surface area (Å²) < 4.78 is 16.4. The predicted octanol–water partition coefficient (Wildman–Crippen LogP) is 5.85. The lowest BCUT2D eigenvalue weighted by Crippen LogP contribution is -2.32. The third-order valence-electron chi connectivity index (χ3n) is 6.14. The van der Waals surface area contributed by atoms with Gasteiger partial charge in [-0.25, -0.2) is 14.6 Å². The minimum atomic E-state index is -0.686. The third kappa shape index (κ3) is 5.15. The van der Waals surface area contributed by atoms with Crippen LogP contribution in [-0.2, 0) is 19.1 Å². The maximum Gasteiger partial charge on any atom is 0.336 e. The maximum atomic E-state index is 13.2. The molecule has 37 heavy (non-hydrogen) atoms. The van der Waals surface area contributed by atoms with E-state index in [0.29, 0.717) is 22.5 Å². The zero-order chi connectivity index (χ0) is 26.5. The average Bonchev–Trinajstić information content (AvgIpc) is 3.38. The van der Waals surface area contributed by atoms with E-state index in [1.54, 1.807) is 21.0 Å². The zero-order valence-electron chi connectivity index (χ0n) is 21.6. The molecule has 8 heteroatoms. The number of methoxy groups -OCH3 is 1. The Bertz CT molecular complexity index is 1350. The molecule has 0 atom stereocenters. The smallest absolute Gasteiger partial charge is 0.336 e. The molecule has 2 heterocycles. The van der Waals surface area contributed by atoms with Gasteiger partial charge in [0.1, 0.15) is 10.8 Å². The molecule has 0 saturated heterocycles. The second kappa shape index (κ2) is 11.4. The Morgan fingerprint density at radius 1 is 0.892 bits per heavy atom. The molecule has 0 fully saturated rings. The molecule has 1 aliphatic heterocycles. The van der Waals surface area contributed by atoms with Gasteiger partial charge in [0.05, 0.1) is 43.1 Å². The standard InChI is InChI=1S/C29H30N2O5S/c1-6-35-28(32)24-17(3)30-18(4)25(29(33)36-7-2)26(24)19-12-8-9-13-20(19)27-31-22(16-37-27)21-14-10-11-15-23(21)34-5/h8-16,26,30H,6-7H2,1-5H3. The molecule has 2 aromatic carbocycles. The van der Waals surface area contributed by atoms with Crippen LogP contribution in [0.3, 0.4) is 0 Å². The van der Waals surface area contributed by atoms with Crippen molar-refractivity contribution in [2.24, 2.45) is 0 Å². The van der Waals surface area contributed by atoms with Crippen LogP contribution in [0.15, 0.2) is 76.5 Å². The number of carbonyl (C=O) groups is 2. The zero-order valence-corrected chi connectivity index (χ0v) is 22.4. The number of benzene rings is 2. The van der Waals surface area contributed by atoms with Crippen LogP contribution in [0.4, 0.5) is 0 Å². The van der Waals surface area contributed by atoms with Crippen molar-refractivity contribution in [2.45, 2.75) is 33.6 Å². The Hall–Kier alpha value is -3.91. The summed E-state index contributed by atoms with van der Waals surface area (Å²) in [5, 5.41) is 5.93. The van der Waals surface area contributed by atoms with Crippen molar-refractivity contribution in [1.82, 2.24) is 10.3 Å². The Balaban J connectivity index is 1.89. The van der Waals surface area contributed by atoms with Crippen molar-refractivity contribution in [1.29, 1.82) is 0 Å². The summed E-state index contributed by atoms with van der Waals surface area (Å²) in [4.78, 5) is 31.3. The number of carbonyl (C=O) groups excluding carboxylic acids is 2. The van der Waals surface area contributed by atoms with E-state index in [-0.39, 0.29) is 13.2 Å². The third-order valence-corrected chi connectivity index (χ3v) is 7.02. The van der Waals surface area contributed by atoms with Crippen molar-refractivity contribution in [2.75, 3.05) is 20.3 Å². The normalized spacial score (nSPS) is 13.9. The van der Waals surface area contributed by atoms with Crippen LogP contribution in [0.25, 0.3) is 21.8 Å². The topological polar surface area (TPSA) is 86.8 Å². The van der Waals surface area contributed by atoms with Crippen molar-refractivity contribution in [3.63, 3.8) is 0 Å². The first-order chi connectivity index (χ1) is 17.9. The number of allylic oxidation sites excluding steroid dienone is 2. The lowest BCUT2D eigenvalue weighted by molar-refractivity contribution is -0.139.